The number of fused-ring (bicyclic) bond motifs is 3. The van der Waals surface area contributed by atoms with Crippen LogP contribution in [0.3, 0.4) is 0 Å². The Labute approximate surface area is 198 Å². The van der Waals surface area contributed by atoms with Crippen LogP contribution in [0.25, 0.3) is 21.8 Å². The van der Waals surface area contributed by atoms with E-state index in [9.17, 15) is 4.79 Å². The van der Waals surface area contributed by atoms with Gasteiger partial charge < -0.3 is 10.2 Å². The Morgan fingerprint density at radius 1 is 1.18 bits per heavy atom. The predicted molar refractivity (Wildman–Crippen MR) is 132 cm³/mol. The van der Waals surface area contributed by atoms with E-state index in [-0.39, 0.29) is 11.9 Å². The maximum absolute atomic E-state index is 12.7. The maximum atomic E-state index is 12.7. The van der Waals surface area contributed by atoms with Crippen LogP contribution >= 0.6 is 11.3 Å². The number of nitrogens with one attached hydrogen (secondary N) is 1. The molecule has 8 nitrogen and oxygen atoms in total. The lowest BCUT2D eigenvalue weighted by molar-refractivity contribution is -0.117. The Balaban J connectivity index is 1.41. The molecule has 3 aromatic heterocycles. The maximum Gasteiger partial charge on any atom is 0.240 e. The zero-order chi connectivity index (χ0) is 23.1. The van der Waals surface area contributed by atoms with Crippen molar-refractivity contribution in [3.63, 3.8) is 0 Å². The van der Waals surface area contributed by atoms with Crippen LogP contribution in [0, 0.1) is 6.92 Å². The van der Waals surface area contributed by atoms with Gasteiger partial charge >= 0.3 is 0 Å². The molecule has 1 aliphatic carbocycles. The number of piperazine rings is 1. The van der Waals surface area contributed by atoms with Crippen LogP contribution in [0.2, 0.25) is 0 Å². The molecule has 0 bridgehead atoms. The highest BCUT2D eigenvalue weighted by Crippen LogP contribution is 2.44. The number of hydrogen-bond donors (Lipinski definition) is 1. The Morgan fingerprint density at radius 3 is 2.67 bits per heavy atom. The topological polar surface area (TPSA) is 79.2 Å². The second kappa shape index (κ2) is 8.96. The molecule has 1 saturated heterocycles. The number of anilines is 1. The fourth-order valence-electron chi connectivity index (χ4n) is 4.53. The van der Waals surface area contributed by atoms with E-state index in [1.54, 1.807) is 11.3 Å². The van der Waals surface area contributed by atoms with Crippen molar-refractivity contribution in [3.05, 3.63) is 35.3 Å². The number of rotatable bonds is 5. The van der Waals surface area contributed by atoms with Crippen molar-refractivity contribution in [3.8, 4) is 21.8 Å². The van der Waals surface area contributed by atoms with Crippen molar-refractivity contribution in [2.75, 3.05) is 45.1 Å². The van der Waals surface area contributed by atoms with Gasteiger partial charge in [0.2, 0.25) is 5.91 Å². The molecule has 5 rings (SSSR count). The number of pyridine rings is 1. The van der Waals surface area contributed by atoms with E-state index >= 15 is 0 Å². The average Bonchev–Trinajstić information content (AvgIpc) is 3.37. The summed E-state index contributed by atoms with van der Waals surface area (Å²) in [7, 11) is 2.12. The minimum atomic E-state index is 0.00894. The number of nitrogens with zero attached hydrogens (tertiary/aromatic N) is 6. The number of likely N-dealkylation sites (N-methyl/N-ethyl adjacent to an activating group) is 1. The molecule has 0 unspecified atom stereocenters. The highest BCUT2D eigenvalue weighted by atomic mass is 32.1. The lowest BCUT2D eigenvalue weighted by atomic mass is 9.95. The SMILES string of the molecule is Cc1ccc(-c2nn(C(C)C)c3c2CCc2nc(NC(=O)CN4CCN(C)CC4)sc2-3)cn1. The summed E-state index contributed by atoms with van der Waals surface area (Å²) in [5.41, 5.74) is 6.49. The van der Waals surface area contributed by atoms with Crippen LogP contribution in [0.5, 0.6) is 0 Å². The molecule has 1 aliphatic heterocycles. The van der Waals surface area contributed by atoms with Crippen molar-refractivity contribution in [2.24, 2.45) is 0 Å². The van der Waals surface area contributed by atoms with Crippen LogP contribution in [0.4, 0.5) is 5.13 Å². The molecule has 3 aromatic rings. The van der Waals surface area contributed by atoms with Crippen molar-refractivity contribution in [1.82, 2.24) is 29.5 Å². The van der Waals surface area contributed by atoms with Gasteiger partial charge in [0.15, 0.2) is 5.13 Å². The van der Waals surface area contributed by atoms with Gasteiger partial charge in [-0.25, -0.2) is 4.98 Å². The highest BCUT2D eigenvalue weighted by Gasteiger charge is 2.30. The van der Waals surface area contributed by atoms with E-state index < -0.39 is 0 Å². The molecular formula is C24H31N7OS. The molecule has 9 heteroatoms. The van der Waals surface area contributed by atoms with Gasteiger partial charge in [-0.3, -0.25) is 19.4 Å². The number of thiazole rings is 1. The molecule has 0 saturated carbocycles. The van der Waals surface area contributed by atoms with Crippen LogP contribution < -0.4 is 5.32 Å². The first-order valence-electron chi connectivity index (χ1n) is 11.6. The largest absolute Gasteiger partial charge is 0.304 e. The molecule has 1 N–H and O–H groups in total. The van der Waals surface area contributed by atoms with E-state index in [0.29, 0.717) is 11.7 Å². The van der Waals surface area contributed by atoms with Gasteiger partial charge in [0, 0.05) is 55.2 Å². The van der Waals surface area contributed by atoms with Crippen molar-refractivity contribution in [1.29, 1.82) is 0 Å². The Morgan fingerprint density at radius 2 is 1.97 bits per heavy atom. The molecule has 1 fully saturated rings. The average molecular weight is 466 g/mol. The van der Waals surface area contributed by atoms with Gasteiger partial charge in [-0.15, -0.1) is 0 Å². The lowest BCUT2D eigenvalue weighted by Gasteiger charge is -2.31. The van der Waals surface area contributed by atoms with E-state index in [1.165, 1.54) is 5.56 Å². The summed E-state index contributed by atoms with van der Waals surface area (Å²) in [6.45, 7) is 10.6. The van der Waals surface area contributed by atoms with E-state index in [0.717, 1.165) is 72.2 Å². The fourth-order valence-corrected chi connectivity index (χ4v) is 5.62. The summed E-state index contributed by atoms with van der Waals surface area (Å²) in [4.78, 5) is 27.6. The smallest absolute Gasteiger partial charge is 0.240 e. The molecule has 0 radical (unpaired) electrons. The fraction of sp³-hybridized carbons (Fsp3) is 0.500. The number of carbonyl (C=O) groups excluding carboxylic acids is 1. The van der Waals surface area contributed by atoms with E-state index in [1.807, 2.05) is 19.2 Å². The molecule has 4 heterocycles. The number of aromatic nitrogens is 4. The number of amides is 1. The van der Waals surface area contributed by atoms with Gasteiger partial charge in [0.05, 0.1) is 28.5 Å². The number of aryl methyl sites for hydroxylation is 2. The summed E-state index contributed by atoms with van der Waals surface area (Å²) in [6, 6.07) is 4.35. The Hall–Kier alpha value is -2.62. The van der Waals surface area contributed by atoms with E-state index in [2.05, 4.69) is 51.7 Å². The quantitative estimate of drug-likeness (QED) is 0.623. The first kappa shape index (κ1) is 22.2. The van der Waals surface area contributed by atoms with Crippen LogP contribution in [-0.2, 0) is 17.6 Å². The summed E-state index contributed by atoms with van der Waals surface area (Å²) >= 11 is 1.57. The molecule has 174 valence electrons. The second-order valence-corrected chi connectivity index (χ2v) is 10.3. The van der Waals surface area contributed by atoms with E-state index in [4.69, 9.17) is 10.1 Å². The van der Waals surface area contributed by atoms with Gasteiger partial charge in [-0.05, 0) is 52.8 Å². The van der Waals surface area contributed by atoms with Gasteiger partial charge in [-0.2, -0.15) is 5.10 Å². The third-order valence-electron chi connectivity index (χ3n) is 6.42. The molecule has 1 amide bonds. The van der Waals surface area contributed by atoms with Crippen LogP contribution in [0.15, 0.2) is 18.3 Å². The first-order chi connectivity index (χ1) is 15.9. The van der Waals surface area contributed by atoms with Crippen molar-refractivity contribution >= 4 is 22.4 Å². The normalized spacial score (nSPS) is 16.6. The number of hydrogen-bond acceptors (Lipinski definition) is 7. The molecule has 0 spiro atoms. The number of carbonyl (C=O) groups is 1. The van der Waals surface area contributed by atoms with Crippen molar-refractivity contribution < 1.29 is 4.79 Å². The Bertz CT molecular complexity index is 1160. The third-order valence-corrected chi connectivity index (χ3v) is 7.44. The van der Waals surface area contributed by atoms with Crippen molar-refractivity contribution in [2.45, 2.75) is 39.7 Å². The standard InChI is InChI=1S/C24H31N7OS/c1-15(2)31-22-18(21(28-31)17-6-5-16(3)25-13-17)7-8-19-23(22)33-24(26-19)27-20(32)14-30-11-9-29(4)10-12-30/h5-6,13,15H,7-12,14H2,1-4H3,(H,26,27,32). The summed E-state index contributed by atoms with van der Waals surface area (Å²) in [6.07, 6.45) is 3.65. The highest BCUT2D eigenvalue weighted by molar-refractivity contribution is 7.19. The molecule has 2 aliphatic rings. The molecule has 0 aromatic carbocycles. The van der Waals surface area contributed by atoms with Crippen LogP contribution in [0.1, 0.15) is 36.8 Å². The minimum Gasteiger partial charge on any atom is -0.304 e. The molecule has 33 heavy (non-hydrogen) atoms. The van der Waals surface area contributed by atoms with Gasteiger partial charge in [-0.1, -0.05) is 11.3 Å². The lowest BCUT2D eigenvalue weighted by Crippen LogP contribution is -2.47. The van der Waals surface area contributed by atoms with Crippen LogP contribution in [-0.4, -0.2) is 75.2 Å². The minimum absolute atomic E-state index is 0.00894. The van der Waals surface area contributed by atoms with Gasteiger partial charge in [0.1, 0.15) is 0 Å². The summed E-state index contributed by atoms with van der Waals surface area (Å²) in [5, 5.41) is 8.74. The van der Waals surface area contributed by atoms with Gasteiger partial charge in [0.25, 0.3) is 0 Å². The monoisotopic (exact) mass is 465 g/mol. The first-order valence-corrected chi connectivity index (χ1v) is 12.5. The zero-order valence-corrected chi connectivity index (χ0v) is 20.6. The molecular weight excluding hydrogens is 434 g/mol. The summed E-state index contributed by atoms with van der Waals surface area (Å²) < 4.78 is 2.11. The predicted octanol–water partition coefficient (Wildman–Crippen LogP) is 3.24. The Kier molecular flexibility index (Phi) is 6.03. The summed E-state index contributed by atoms with van der Waals surface area (Å²) in [5.74, 6) is 0.00894. The third kappa shape index (κ3) is 4.45. The second-order valence-electron chi connectivity index (χ2n) is 9.32. The molecule has 0 atom stereocenters. The zero-order valence-electron chi connectivity index (χ0n) is 19.8.